The number of hydrogen-bond acceptors (Lipinski definition) is 9. The minimum Gasteiger partial charge on any atom is -0.870 e. The number of carbonyl (C=O) groups excluding carboxylic acids is 1. The Kier molecular flexibility index (Phi) is 6.27. The summed E-state index contributed by atoms with van der Waals surface area (Å²) in [6, 6.07) is 9.48. The number of thioether (sulfide) groups is 1. The zero-order valence-corrected chi connectivity index (χ0v) is 23.5. The van der Waals surface area contributed by atoms with Gasteiger partial charge in [-0.2, -0.15) is 0 Å². The standard InChI is InChI=1S/C30H23F3N3O6S/c1-40-28(39)42-15-41-26-22(37)8-10-36-25(26)27(38)35-9-7-17(12-31)29(14-30(29,35)34-36)20-3-2-4-23-18(20)11-16-5-6-21(32)24(33)19(16)13-43-23/h2-6,8,10,12H,7,9,11,13-15H2,1H3/q-1/b17-12+/t29?,30-/m0/s1. The number of nitrogens with zero attached hydrogens (tertiary/aromatic N) is 3. The largest absolute Gasteiger partial charge is 0.870 e. The van der Waals surface area contributed by atoms with Crippen LogP contribution in [0.5, 0.6) is 11.5 Å². The van der Waals surface area contributed by atoms with Crippen molar-refractivity contribution in [3.05, 3.63) is 93.7 Å². The lowest BCUT2D eigenvalue weighted by Crippen LogP contribution is -2.60. The Hall–Kier alpha value is -4.39. The average Bonchev–Trinajstić information content (AvgIpc) is 3.73. The minimum absolute atomic E-state index is 0.137. The molecule has 13 heteroatoms. The summed E-state index contributed by atoms with van der Waals surface area (Å²) >= 11 is 1.38. The molecule has 0 radical (unpaired) electrons. The highest BCUT2D eigenvalue weighted by Gasteiger charge is 2.79. The van der Waals surface area contributed by atoms with Gasteiger partial charge in [-0.1, -0.05) is 28.3 Å². The third kappa shape index (κ3) is 3.83. The first-order valence-electron chi connectivity index (χ1n) is 13.4. The van der Waals surface area contributed by atoms with E-state index in [2.05, 4.69) is 4.74 Å². The summed E-state index contributed by atoms with van der Waals surface area (Å²) in [5.74, 6) is -3.05. The van der Waals surface area contributed by atoms with Crippen molar-refractivity contribution in [3.63, 3.8) is 0 Å². The molecule has 1 spiro atoms. The zero-order valence-electron chi connectivity index (χ0n) is 22.7. The lowest BCUT2D eigenvalue weighted by atomic mass is 9.78. The van der Waals surface area contributed by atoms with Gasteiger partial charge < -0.3 is 29.3 Å². The Labute approximate surface area is 247 Å². The molecular formula is C30H23F3N3O6S-. The normalized spacial score (nSPS) is 24.0. The molecule has 9 nitrogen and oxygen atoms in total. The molecule has 222 valence electrons. The van der Waals surface area contributed by atoms with E-state index in [0.29, 0.717) is 23.0 Å². The van der Waals surface area contributed by atoms with Gasteiger partial charge in [-0.05, 0) is 52.4 Å². The number of benzene rings is 2. The molecule has 43 heavy (non-hydrogen) atoms. The van der Waals surface area contributed by atoms with Crippen molar-refractivity contribution in [2.75, 3.05) is 20.4 Å². The van der Waals surface area contributed by atoms with Gasteiger partial charge in [0.15, 0.2) is 17.4 Å². The molecule has 2 fully saturated rings. The van der Waals surface area contributed by atoms with Crippen LogP contribution in [0.2, 0.25) is 0 Å². The molecule has 1 aliphatic carbocycles. The second-order valence-electron chi connectivity index (χ2n) is 10.6. The molecule has 2 aromatic carbocycles. The van der Waals surface area contributed by atoms with Gasteiger partial charge in [-0.15, -0.1) is 11.8 Å². The molecule has 3 aliphatic heterocycles. The summed E-state index contributed by atoms with van der Waals surface area (Å²) in [5, 5.41) is 31.5. The molecule has 0 bridgehead atoms. The molecule has 2 atom stereocenters. The van der Waals surface area contributed by atoms with Gasteiger partial charge in [0.1, 0.15) is 0 Å². The number of pyridine rings is 1. The van der Waals surface area contributed by atoms with E-state index in [1.807, 2.05) is 18.2 Å². The quantitative estimate of drug-likeness (QED) is 0.252. The van der Waals surface area contributed by atoms with Gasteiger partial charge in [-0.25, -0.2) is 18.0 Å². The maximum Gasteiger partial charge on any atom is 0.510 e. The van der Waals surface area contributed by atoms with Gasteiger partial charge in [0, 0.05) is 41.1 Å². The summed E-state index contributed by atoms with van der Waals surface area (Å²) in [4.78, 5) is 13.7. The van der Waals surface area contributed by atoms with Crippen LogP contribution < -0.4 is 24.7 Å². The summed E-state index contributed by atoms with van der Waals surface area (Å²) in [7, 11) is 1.11. The molecule has 7 rings (SSSR count). The second-order valence-corrected chi connectivity index (χ2v) is 11.7. The van der Waals surface area contributed by atoms with Crippen LogP contribution in [-0.2, 0) is 27.1 Å². The molecule has 1 saturated carbocycles. The molecule has 1 aromatic heterocycles. The number of piperidine rings is 1. The highest BCUT2D eigenvalue weighted by atomic mass is 32.2. The van der Waals surface area contributed by atoms with Crippen LogP contribution in [0, 0.1) is 11.6 Å². The lowest BCUT2D eigenvalue weighted by molar-refractivity contribution is -0.582. The SMILES string of the molecule is COC(=O)OCOc1c([O-])cc[n+]2c1=C([O-])N1CC/C(=C\F)C3(c4cccc5c4Cc4ccc(F)c(F)c4CS5)C[C@]13N=2. The maximum atomic E-state index is 14.8. The van der Waals surface area contributed by atoms with Crippen molar-refractivity contribution < 1.29 is 46.8 Å². The maximum absolute atomic E-state index is 14.8. The highest BCUT2D eigenvalue weighted by molar-refractivity contribution is 7.98. The molecule has 3 aromatic rings. The first-order valence-corrected chi connectivity index (χ1v) is 14.4. The third-order valence-electron chi connectivity index (χ3n) is 8.73. The molecule has 4 aliphatic rings. The number of hydrogen-bond donors (Lipinski definition) is 0. The zero-order chi connectivity index (χ0) is 30.1. The van der Waals surface area contributed by atoms with Crippen molar-refractivity contribution in [1.29, 1.82) is 0 Å². The number of rotatable bonds is 4. The van der Waals surface area contributed by atoms with E-state index in [4.69, 9.17) is 14.6 Å². The Balaban J connectivity index is 1.38. The number of fused-ring (bicyclic) bond motifs is 3. The molecule has 4 heterocycles. The summed E-state index contributed by atoms with van der Waals surface area (Å²) in [5.41, 5.74) is 0.769. The van der Waals surface area contributed by atoms with Crippen molar-refractivity contribution in [1.82, 2.24) is 4.90 Å². The highest BCUT2D eigenvalue weighted by Crippen LogP contribution is 2.70. The van der Waals surface area contributed by atoms with E-state index in [1.165, 1.54) is 33.3 Å². The molecular weight excluding hydrogens is 587 g/mol. The predicted molar refractivity (Wildman–Crippen MR) is 141 cm³/mol. The number of halogens is 3. The Bertz CT molecular complexity index is 1870. The van der Waals surface area contributed by atoms with Crippen LogP contribution in [0.25, 0.3) is 5.88 Å². The van der Waals surface area contributed by atoms with Gasteiger partial charge in [0.2, 0.25) is 18.7 Å². The van der Waals surface area contributed by atoms with E-state index in [0.717, 1.165) is 29.2 Å². The van der Waals surface area contributed by atoms with Gasteiger partial charge in [-0.3, -0.25) is 0 Å². The molecule has 0 amide bonds. The summed E-state index contributed by atoms with van der Waals surface area (Å²) < 4.78 is 59.4. The first-order chi connectivity index (χ1) is 20.8. The molecule has 0 N–H and O–H groups in total. The number of methoxy groups -OCH3 is 1. The first kappa shape index (κ1) is 27.4. The van der Waals surface area contributed by atoms with E-state index in [9.17, 15) is 28.2 Å². The summed E-state index contributed by atoms with van der Waals surface area (Å²) in [6.07, 6.45) is 1.68. The van der Waals surface area contributed by atoms with Crippen LogP contribution in [0.15, 0.2) is 64.5 Å². The van der Waals surface area contributed by atoms with E-state index in [-0.39, 0.29) is 42.7 Å². The fourth-order valence-electron chi connectivity index (χ4n) is 6.73. The van der Waals surface area contributed by atoms with Crippen molar-refractivity contribution in [2.24, 2.45) is 5.11 Å². The smallest absolute Gasteiger partial charge is 0.510 e. The van der Waals surface area contributed by atoms with Crippen LogP contribution in [0.4, 0.5) is 18.0 Å². The third-order valence-corrected chi connectivity index (χ3v) is 9.86. The van der Waals surface area contributed by atoms with Gasteiger partial charge in [0.05, 0.1) is 18.9 Å². The van der Waals surface area contributed by atoms with Crippen LogP contribution in [0.1, 0.15) is 35.1 Å². The van der Waals surface area contributed by atoms with Crippen LogP contribution in [0.3, 0.4) is 0 Å². The van der Waals surface area contributed by atoms with Crippen molar-refractivity contribution in [2.45, 2.75) is 41.0 Å². The topological polar surface area (TPSA) is 112 Å². The monoisotopic (exact) mass is 610 g/mol. The Morgan fingerprint density at radius 1 is 1.21 bits per heavy atom. The van der Waals surface area contributed by atoms with Crippen molar-refractivity contribution >= 4 is 23.8 Å². The van der Waals surface area contributed by atoms with Crippen LogP contribution >= 0.6 is 11.8 Å². The Morgan fingerprint density at radius 2 is 2.05 bits per heavy atom. The predicted octanol–water partition coefficient (Wildman–Crippen LogP) is 2.71. The van der Waals surface area contributed by atoms with E-state index in [1.54, 1.807) is 6.07 Å². The minimum atomic E-state index is -1.20. The average molecular weight is 611 g/mol. The van der Waals surface area contributed by atoms with Gasteiger partial charge in [0.25, 0.3) is 5.35 Å². The van der Waals surface area contributed by atoms with Crippen LogP contribution in [-0.4, -0.2) is 37.2 Å². The summed E-state index contributed by atoms with van der Waals surface area (Å²) in [6.45, 7) is -0.534. The number of carbonyl (C=O) groups is 1. The van der Waals surface area contributed by atoms with Gasteiger partial charge >= 0.3 is 6.16 Å². The molecule has 1 unspecified atom stereocenters. The Morgan fingerprint density at radius 3 is 2.84 bits per heavy atom. The number of ether oxygens (including phenoxy) is 3. The fraction of sp³-hybridized carbons (Fsp3) is 0.300. The van der Waals surface area contributed by atoms with E-state index < -0.39 is 47.3 Å². The fourth-order valence-corrected chi connectivity index (χ4v) is 7.88. The second kappa shape index (κ2) is 9.83. The number of aromatic nitrogens is 1. The van der Waals surface area contributed by atoms with E-state index >= 15 is 0 Å². The lowest BCUT2D eigenvalue weighted by Gasteiger charge is -2.43. The van der Waals surface area contributed by atoms with Crippen molar-refractivity contribution in [3.8, 4) is 11.5 Å². The molecule has 1 saturated heterocycles.